The van der Waals surface area contributed by atoms with E-state index in [0.717, 1.165) is 50.6 Å². The van der Waals surface area contributed by atoms with Crippen molar-refractivity contribution < 1.29 is 9.47 Å². The Morgan fingerprint density at radius 1 is 0.962 bits per heavy atom. The Hall–Kier alpha value is -2.00. The molecule has 1 heterocycles. The van der Waals surface area contributed by atoms with Crippen LogP contribution >= 0.6 is 0 Å². The maximum atomic E-state index is 6.25. The number of benzene rings is 2. The molecule has 0 N–H and O–H groups in total. The zero-order chi connectivity index (χ0) is 18.4. The molecule has 0 bridgehead atoms. The van der Waals surface area contributed by atoms with Crippen molar-refractivity contribution in [3.63, 3.8) is 0 Å². The highest BCUT2D eigenvalue weighted by atomic mass is 16.5. The first-order chi connectivity index (χ1) is 12.6. The lowest BCUT2D eigenvalue weighted by molar-refractivity contribution is 0.0135. The molecule has 26 heavy (non-hydrogen) atoms. The molecule has 2 aromatic rings. The zero-order valence-corrected chi connectivity index (χ0v) is 16.3. The fourth-order valence-electron chi connectivity index (χ4n) is 3.50. The van der Waals surface area contributed by atoms with E-state index in [1.54, 1.807) is 0 Å². The maximum Gasteiger partial charge on any atom is 0.122 e. The van der Waals surface area contributed by atoms with Crippen molar-refractivity contribution in [1.82, 2.24) is 4.90 Å². The molecular formula is C23H31NO2. The number of piperidine rings is 1. The SMILES string of the molecule is CC(C)c1ccccc1OCCN1CCC(C)(Oc2ccccc2)CC1. The Morgan fingerprint density at radius 3 is 2.31 bits per heavy atom. The van der Waals surface area contributed by atoms with Crippen LogP contribution in [-0.4, -0.2) is 36.7 Å². The number of likely N-dealkylation sites (tertiary alicyclic amines) is 1. The van der Waals surface area contributed by atoms with Crippen LogP contribution in [0.25, 0.3) is 0 Å². The maximum absolute atomic E-state index is 6.25. The molecule has 3 rings (SSSR count). The minimum Gasteiger partial charge on any atom is -0.492 e. The molecule has 2 aromatic carbocycles. The van der Waals surface area contributed by atoms with Gasteiger partial charge in [0.05, 0.1) is 0 Å². The van der Waals surface area contributed by atoms with Crippen LogP contribution in [0, 0.1) is 0 Å². The Kier molecular flexibility index (Phi) is 6.20. The van der Waals surface area contributed by atoms with Crippen molar-refractivity contribution in [1.29, 1.82) is 0 Å². The van der Waals surface area contributed by atoms with E-state index < -0.39 is 0 Å². The average molecular weight is 354 g/mol. The second-order valence-electron chi connectivity index (χ2n) is 7.75. The average Bonchev–Trinajstić information content (AvgIpc) is 2.64. The number of para-hydroxylation sites is 2. The molecule has 0 aliphatic carbocycles. The van der Waals surface area contributed by atoms with Gasteiger partial charge in [-0.1, -0.05) is 50.2 Å². The molecular weight excluding hydrogens is 322 g/mol. The number of hydrogen-bond donors (Lipinski definition) is 0. The summed E-state index contributed by atoms with van der Waals surface area (Å²) in [7, 11) is 0. The summed E-state index contributed by atoms with van der Waals surface area (Å²) < 4.78 is 12.3. The summed E-state index contributed by atoms with van der Waals surface area (Å²) in [5, 5.41) is 0. The van der Waals surface area contributed by atoms with Crippen molar-refractivity contribution in [2.45, 2.75) is 45.1 Å². The van der Waals surface area contributed by atoms with Crippen molar-refractivity contribution in [2.24, 2.45) is 0 Å². The van der Waals surface area contributed by atoms with Crippen LogP contribution in [0.5, 0.6) is 11.5 Å². The summed E-state index contributed by atoms with van der Waals surface area (Å²) in [5.41, 5.74) is 1.22. The van der Waals surface area contributed by atoms with E-state index >= 15 is 0 Å². The lowest BCUT2D eigenvalue weighted by atomic mass is 9.93. The standard InChI is InChI=1S/C23H31NO2/c1-19(2)21-11-7-8-12-22(21)25-18-17-24-15-13-23(3,14-16-24)26-20-9-5-4-6-10-20/h4-12,19H,13-18H2,1-3H3. The van der Waals surface area contributed by atoms with E-state index in [0.29, 0.717) is 5.92 Å². The molecule has 1 fully saturated rings. The third kappa shape index (κ3) is 5.01. The van der Waals surface area contributed by atoms with Crippen LogP contribution in [0.3, 0.4) is 0 Å². The second-order valence-corrected chi connectivity index (χ2v) is 7.75. The van der Waals surface area contributed by atoms with Crippen molar-refractivity contribution in [3.8, 4) is 11.5 Å². The smallest absolute Gasteiger partial charge is 0.122 e. The fraction of sp³-hybridized carbons (Fsp3) is 0.478. The molecule has 1 aliphatic rings. The van der Waals surface area contributed by atoms with Gasteiger partial charge in [-0.25, -0.2) is 0 Å². The van der Waals surface area contributed by atoms with Gasteiger partial charge >= 0.3 is 0 Å². The summed E-state index contributed by atoms with van der Waals surface area (Å²) in [6.45, 7) is 10.5. The predicted octanol–water partition coefficient (Wildman–Crippen LogP) is 5.12. The molecule has 0 radical (unpaired) electrons. The van der Waals surface area contributed by atoms with Gasteiger partial charge in [0.15, 0.2) is 0 Å². The monoisotopic (exact) mass is 353 g/mol. The number of rotatable bonds is 7. The highest BCUT2D eigenvalue weighted by Crippen LogP contribution is 2.29. The van der Waals surface area contributed by atoms with E-state index in [9.17, 15) is 0 Å². The Balaban J connectivity index is 1.45. The largest absolute Gasteiger partial charge is 0.492 e. The predicted molar refractivity (Wildman–Crippen MR) is 107 cm³/mol. The van der Waals surface area contributed by atoms with Gasteiger partial charge in [0, 0.05) is 19.6 Å². The van der Waals surface area contributed by atoms with Crippen LogP contribution in [0.2, 0.25) is 0 Å². The first-order valence-electron chi connectivity index (χ1n) is 9.74. The zero-order valence-electron chi connectivity index (χ0n) is 16.3. The van der Waals surface area contributed by atoms with E-state index in [2.05, 4.69) is 49.9 Å². The second kappa shape index (κ2) is 8.59. The van der Waals surface area contributed by atoms with Crippen LogP contribution in [0.15, 0.2) is 54.6 Å². The summed E-state index contributed by atoms with van der Waals surface area (Å²) >= 11 is 0. The van der Waals surface area contributed by atoms with Gasteiger partial charge in [-0.2, -0.15) is 0 Å². The summed E-state index contributed by atoms with van der Waals surface area (Å²) in [4.78, 5) is 2.48. The van der Waals surface area contributed by atoms with Gasteiger partial charge in [-0.15, -0.1) is 0 Å². The summed E-state index contributed by atoms with van der Waals surface area (Å²) in [5.74, 6) is 2.48. The molecule has 140 valence electrons. The fourth-order valence-corrected chi connectivity index (χ4v) is 3.50. The van der Waals surface area contributed by atoms with Gasteiger partial charge in [-0.05, 0) is 49.4 Å². The number of nitrogens with zero attached hydrogens (tertiary/aromatic N) is 1. The topological polar surface area (TPSA) is 21.7 Å². The quantitative estimate of drug-likeness (QED) is 0.689. The van der Waals surface area contributed by atoms with Crippen molar-refractivity contribution >= 4 is 0 Å². The van der Waals surface area contributed by atoms with Crippen molar-refractivity contribution in [3.05, 3.63) is 60.2 Å². The third-order valence-electron chi connectivity index (χ3n) is 5.23. The summed E-state index contributed by atoms with van der Waals surface area (Å²) in [6.07, 6.45) is 2.09. The molecule has 0 spiro atoms. The van der Waals surface area contributed by atoms with Crippen LogP contribution < -0.4 is 9.47 Å². The van der Waals surface area contributed by atoms with E-state index in [1.807, 2.05) is 30.3 Å². The molecule has 1 saturated heterocycles. The van der Waals surface area contributed by atoms with E-state index in [4.69, 9.17) is 9.47 Å². The van der Waals surface area contributed by atoms with Gasteiger partial charge in [-0.3, -0.25) is 4.90 Å². The highest BCUT2D eigenvalue weighted by molar-refractivity contribution is 5.35. The normalized spacial score (nSPS) is 17.2. The lowest BCUT2D eigenvalue weighted by Gasteiger charge is -2.39. The lowest BCUT2D eigenvalue weighted by Crippen LogP contribution is -2.47. The van der Waals surface area contributed by atoms with Crippen LogP contribution in [0.4, 0.5) is 0 Å². The minimum atomic E-state index is -0.0665. The van der Waals surface area contributed by atoms with Crippen LogP contribution in [-0.2, 0) is 0 Å². The molecule has 0 saturated carbocycles. The molecule has 0 amide bonds. The Labute approximate surface area is 157 Å². The van der Waals surface area contributed by atoms with Gasteiger partial charge in [0.2, 0.25) is 0 Å². The molecule has 1 aliphatic heterocycles. The Bertz CT molecular complexity index is 676. The number of ether oxygens (including phenoxy) is 2. The highest BCUT2D eigenvalue weighted by Gasteiger charge is 2.31. The molecule has 3 heteroatoms. The van der Waals surface area contributed by atoms with Crippen LogP contribution in [0.1, 0.15) is 45.1 Å². The molecule has 0 aromatic heterocycles. The van der Waals surface area contributed by atoms with Gasteiger partial charge in [0.1, 0.15) is 23.7 Å². The number of hydrogen-bond acceptors (Lipinski definition) is 3. The minimum absolute atomic E-state index is 0.0665. The van der Waals surface area contributed by atoms with Gasteiger partial charge in [0.25, 0.3) is 0 Å². The first-order valence-corrected chi connectivity index (χ1v) is 9.74. The summed E-state index contributed by atoms with van der Waals surface area (Å²) in [6, 6.07) is 18.5. The molecule has 3 nitrogen and oxygen atoms in total. The van der Waals surface area contributed by atoms with E-state index in [1.165, 1.54) is 5.56 Å². The Morgan fingerprint density at radius 2 is 1.62 bits per heavy atom. The first kappa shape index (κ1) is 18.8. The van der Waals surface area contributed by atoms with Crippen molar-refractivity contribution in [2.75, 3.05) is 26.2 Å². The molecule has 0 atom stereocenters. The molecule has 0 unspecified atom stereocenters. The van der Waals surface area contributed by atoms with E-state index in [-0.39, 0.29) is 5.60 Å². The van der Waals surface area contributed by atoms with Gasteiger partial charge < -0.3 is 9.47 Å². The third-order valence-corrected chi connectivity index (χ3v) is 5.23.